The molecule has 0 bridgehead atoms. The van der Waals surface area contributed by atoms with E-state index in [2.05, 4.69) is 36.6 Å². The first-order chi connectivity index (χ1) is 11.0. The van der Waals surface area contributed by atoms with E-state index in [9.17, 15) is 4.79 Å². The zero-order chi connectivity index (χ0) is 16.8. The third-order valence-corrected chi connectivity index (χ3v) is 4.47. The van der Waals surface area contributed by atoms with Crippen molar-refractivity contribution in [3.05, 3.63) is 29.8 Å². The minimum Gasteiger partial charge on any atom is -0.311 e. The molecule has 4 nitrogen and oxygen atoms in total. The Bertz CT molecular complexity index is 507. The van der Waals surface area contributed by atoms with Crippen molar-refractivity contribution in [2.45, 2.75) is 27.7 Å². The summed E-state index contributed by atoms with van der Waals surface area (Å²) in [5.74, 6) is 0.916. The summed E-state index contributed by atoms with van der Waals surface area (Å²) in [5, 5.41) is 0. The Morgan fingerprint density at radius 3 is 2.30 bits per heavy atom. The van der Waals surface area contributed by atoms with E-state index in [1.54, 1.807) is 0 Å². The van der Waals surface area contributed by atoms with Crippen molar-refractivity contribution in [1.82, 2.24) is 9.80 Å². The molecular formula is C19H31N3O. The van der Waals surface area contributed by atoms with Gasteiger partial charge in [0.15, 0.2) is 0 Å². The molecule has 23 heavy (non-hydrogen) atoms. The zero-order valence-corrected chi connectivity index (χ0v) is 15.1. The average Bonchev–Trinajstić information content (AvgIpc) is 2.51. The highest BCUT2D eigenvalue weighted by molar-refractivity contribution is 5.95. The topological polar surface area (TPSA) is 26.8 Å². The Morgan fingerprint density at radius 2 is 1.74 bits per heavy atom. The molecule has 128 valence electrons. The first kappa shape index (κ1) is 18.0. The SMILES string of the molecule is CCN(C(=O)CN1CCN(CC(C)C)CC1)c1ccccc1C. The van der Waals surface area contributed by atoms with Gasteiger partial charge in [0.2, 0.25) is 5.91 Å². The molecule has 0 radical (unpaired) electrons. The molecule has 1 heterocycles. The van der Waals surface area contributed by atoms with Crippen molar-refractivity contribution in [2.75, 3.05) is 50.7 Å². The van der Waals surface area contributed by atoms with Crippen molar-refractivity contribution in [1.29, 1.82) is 0 Å². The van der Waals surface area contributed by atoms with Gasteiger partial charge in [-0.3, -0.25) is 9.69 Å². The van der Waals surface area contributed by atoms with Crippen LogP contribution in [0.4, 0.5) is 5.69 Å². The van der Waals surface area contributed by atoms with E-state index in [-0.39, 0.29) is 5.91 Å². The molecule has 0 N–H and O–H groups in total. The summed E-state index contributed by atoms with van der Waals surface area (Å²) < 4.78 is 0. The van der Waals surface area contributed by atoms with Gasteiger partial charge < -0.3 is 9.80 Å². The van der Waals surface area contributed by atoms with Gasteiger partial charge in [0.05, 0.1) is 6.54 Å². The number of hydrogen-bond acceptors (Lipinski definition) is 3. The smallest absolute Gasteiger partial charge is 0.241 e. The third-order valence-electron chi connectivity index (χ3n) is 4.47. The number of piperazine rings is 1. The molecule has 2 rings (SSSR count). The standard InChI is InChI=1S/C19H31N3O/c1-5-22(18-9-7-6-8-17(18)4)19(23)15-21-12-10-20(11-13-21)14-16(2)3/h6-9,16H,5,10-15H2,1-4H3. The lowest BCUT2D eigenvalue weighted by molar-refractivity contribution is -0.120. The van der Waals surface area contributed by atoms with E-state index in [0.717, 1.165) is 50.5 Å². The van der Waals surface area contributed by atoms with Crippen LogP contribution in [0.25, 0.3) is 0 Å². The molecule has 0 atom stereocenters. The summed E-state index contributed by atoms with van der Waals surface area (Å²) in [6.07, 6.45) is 0. The molecule has 1 aromatic rings. The number of anilines is 1. The molecule has 1 fully saturated rings. The first-order valence-electron chi connectivity index (χ1n) is 8.82. The number of rotatable bonds is 6. The third kappa shape index (κ3) is 5.05. The van der Waals surface area contributed by atoms with Gasteiger partial charge in [0, 0.05) is 45.0 Å². The minimum absolute atomic E-state index is 0.208. The summed E-state index contributed by atoms with van der Waals surface area (Å²) in [4.78, 5) is 19.4. The minimum atomic E-state index is 0.208. The van der Waals surface area contributed by atoms with Crippen LogP contribution in [-0.2, 0) is 4.79 Å². The maximum atomic E-state index is 12.7. The molecule has 0 unspecified atom stereocenters. The van der Waals surface area contributed by atoms with Crippen LogP contribution in [0.3, 0.4) is 0 Å². The van der Waals surface area contributed by atoms with Crippen LogP contribution in [0.5, 0.6) is 0 Å². The van der Waals surface area contributed by atoms with Gasteiger partial charge in [0.25, 0.3) is 0 Å². The largest absolute Gasteiger partial charge is 0.311 e. The predicted octanol–water partition coefficient (Wildman–Crippen LogP) is 2.62. The lowest BCUT2D eigenvalue weighted by Gasteiger charge is -2.36. The van der Waals surface area contributed by atoms with Crippen LogP contribution in [0.1, 0.15) is 26.3 Å². The van der Waals surface area contributed by atoms with Gasteiger partial charge in [-0.15, -0.1) is 0 Å². The molecule has 1 saturated heterocycles. The zero-order valence-electron chi connectivity index (χ0n) is 15.1. The van der Waals surface area contributed by atoms with Crippen molar-refractivity contribution in [3.8, 4) is 0 Å². The van der Waals surface area contributed by atoms with Crippen LogP contribution < -0.4 is 4.90 Å². The van der Waals surface area contributed by atoms with Gasteiger partial charge in [-0.1, -0.05) is 32.0 Å². The Labute approximate surface area is 141 Å². The fourth-order valence-corrected chi connectivity index (χ4v) is 3.27. The highest BCUT2D eigenvalue weighted by atomic mass is 16.2. The second-order valence-electron chi connectivity index (χ2n) is 6.90. The van der Waals surface area contributed by atoms with Crippen LogP contribution in [-0.4, -0.2) is 61.5 Å². The number of carbonyl (C=O) groups is 1. The van der Waals surface area contributed by atoms with E-state index in [4.69, 9.17) is 0 Å². The molecular weight excluding hydrogens is 286 g/mol. The van der Waals surface area contributed by atoms with Crippen molar-refractivity contribution in [3.63, 3.8) is 0 Å². The Hall–Kier alpha value is -1.39. The van der Waals surface area contributed by atoms with Crippen molar-refractivity contribution in [2.24, 2.45) is 5.92 Å². The number of likely N-dealkylation sites (N-methyl/N-ethyl adjacent to an activating group) is 1. The van der Waals surface area contributed by atoms with Crippen molar-refractivity contribution >= 4 is 11.6 Å². The molecule has 0 aromatic heterocycles. The number of aryl methyl sites for hydroxylation is 1. The summed E-state index contributed by atoms with van der Waals surface area (Å²) in [7, 11) is 0. The summed E-state index contributed by atoms with van der Waals surface area (Å²) in [6, 6.07) is 8.13. The normalized spacial score (nSPS) is 16.7. The molecule has 1 aliphatic heterocycles. The molecule has 1 amide bonds. The van der Waals surface area contributed by atoms with Gasteiger partial charge in [-0.05, 0) is 31.4 Å². The van der Waals surface area contributed by atoms with E-state index >= 15 is 0 Å². The summed E-state index contributed by atoms with van der Waals surface area (Å²) >= 11 is 0. The lowest BCUT2D eigenvalue weighted by Crippen LogP contribution is -2.50. The van der Waals surface area contributed by atoms with Crippen LogP contribution >= 0.6 is 0 Å². The number of nitrogens with zero attached hydrogens (tertiary/aromatic N) is 3. The van der Waals surface area contributed by atoms with Gasteiger partial charge >= 0.3 is 0 Å². The molecule has 0 aliphatic carbocycles. The molecule has 4 heteroatoms. The van der Waals surface area contributed by atoms with Crippen molar-refractivity contribution < 1.29 is 4.79 Å². The Morgan fingerprint density at radius 1 is 1.13 bits per heavy atom. The Balaban J connectivity index is 1.90. The van der Waals surface area contributed by atoms with Crippen LogP contribution in [0, 0.1) is 12.8 Å². The lowest BCUT2D eigenvalue weighted by atomic mass is 10.1. The monoisotopic (exact) mass is 317 g/mol. The molecule has 1 aliphatic rings. The van der Waals surface area contributed by atoms with E-state index in [1.165, 1.54) is 0 Å². The second-order valence-corrected chi connectivity index (χ2v) is 6.90. The average molecular weight is 317 g/mol. The number of benzene rings is 1. The Kier molecular flexibility index (Phi) is 6.60. The highest BCUT2D eigenvalue weighted by Crippen LogP contribution is 2.19. The maximum absolute atomic E-state index is 12.7. The number of carbonyl (C=O) groups excluding carboxylic acids is 1. The van der Waals surface area contributed by atoms with Gasteiger partial charge in [-0.2, -0.15) is 0 Å². The van der Waals surface area contributed by atoms with E-state index < -0.39 is 0 Å². The van der Waals surface area contributed by atoms with Gasteiger partial charge in [-0.25, -0.2) is 0 Å². The fourth-order valence-electron chi connectivity index (χ4n) is 3.27. The fraction of sp³-hybridized carbons (Fsp3) is 0.632. The van der Waals surface area contributed by atoms with Crippen LogP contribution in [0.2, 0.25) is 0 Å². The van der Waals surface area contributed by atoms with E-state index in [0.29, 0.717) is 12.5 Å². The molecule has 1 aromatic carbocycles. The highest BCUT2D eigenvalue weighted by Gasteiger charge is 2.22. The first-order valence-corrected chi connectivity index (χ1v) is 8.82. The maximum Gasteiger partial charge on any atom is 0.241 e. The number of hydrogen-bond donors (Lipinski definition) is 0. The summed E-state index contributed by atoms with van der Waals surface area (Å²) in [5.41, 5.74) is 2.20. The molecule has 0 saturated carbocycles. The quantitative estimate of drug-likeness (QED) is 0.807. The summed E-state index contributed by atoms with van der Waals surface area (Å²) in [6.45, 7) is 15.2. The molecule has 0 spiro atoms. The van der Waals surface area contributed by atoms with E-state index in [1.807, 2.05) is 30.0 Å². The number of para-hydroxylation sites is 1. The number of amides is 1. The van der Waals surface area contributed by atoms with Gasteiger partial charge in [0.1, 0.15) is 0 Å². The van der Waals surface area contributed by atoms with Crippen LogP contribution in [0.15, 0.2) is 24.3 Å². The second kappa shape index (κ2) is 8.46. The predicted molar refractivity (Wildman–Crippen MR) is 96.9 cm³/mol.